The van der Waals surface area contributed by atoms with Crippen molar-refractivity contribution >= 4 is 17.7 Å². The number of carbonyl (C=O) groups excluding carboxylic acids is 2. The van der Waals surface area contributed by atoms with Gasteiger partial charge in [-0.1, -0.05) is 13.8 Å². The highest BCUT2D eigenvalue weighted by atomic mass is 16.4. The zero-order chi connectivity index (χ0) is 13.7. The summed E-state index contributed by atoms with van der Waals surface area (Å²) in [6.07, 6.45) is 2.50. The lowest BCUT2D eigenvalue weighted by molar-refractivity contribution is -0.144. The van der Waals surface area contributed by atoms with Crippen LogP contribution in [0.4, 0.5) is 0 Å². The Kier molecular flexibility index (Phi) is 5.31. The largest absolute Gasteiger partial charge is 0.480 e. The number of hydrogen-bond acceptors (Lipinski definition) is 3. The molecule has 0 spiro atoms. The van der Waals surface area contributed by atoms with Crippen LogP contribution in [-0.4, -0.2) is 28.8 Å². The standard InChI is InChI=1S/C13H21NO4/c1-8(2)6-11(16)14-12(13(17)18)9-4-3-5-10(15)7-9/h8-9,12H,3-7H2,1-2H3,(H,14,16)(H,17,18)/t9-,12+/m1/s1. The van der Waals surface area contributed by atoms with Crippen LogP contribution in [-0.2, 0) is 14.4 Å². The van der Waals surface area contributed by atoms with Crippen LogP contribution in [0.2, 0.25) is 0 Å². The molecule has 0 saturated heterocycles. The lowest BCUT2D eigenvalue weighted by atomic mass is 9.83. The van der Waals surface area contributed by atoms with Gasteiger partial charge in [0, 0.05) is 19.3 Å². The molecule has 0 aromatic carbocycles. The Balaban J connectivity index is 2.62. The average molecular weight is 255 g/mol. The smallest absolute Gasteiger partial charge is 0.326 e. The van der Waals surface area contributed by atoms with Gasteiger partial charge in [0.1, 0.15) is 11.8 Å². The topological polar surface area (TPSA) is 83.5 Å². The molecular formula is C13H21NO4. The monoisotopic (exact) mass is 255 g/mol. The number of carboxylic acid groups (broad SMARTS) is 1. The Bertz CT molecular complexity index is 338. The molecule has 0 bridgehead atoms. The molecule has 0 unspecified atom stereocenters. The lowest BCUT2D eigenvalue weighted by Gasteiger charge is -2.27. The molecule has 1 aliphatic carbocycles. The normalized spacial score (nSPS) is 21.7. The summed E-state index contributed by atoms with van der Waals surface area (Å²) in [6, 6.07) is -0.930. The molecule has 0 radical (unpaired) electrons. The molecule has 0 aromatic rings. The fourth-order valence-corrected chi connectivity index (χ4v) is 2.33. The van der Waals surface area contributed by atoms with Crippen LogP contribution >= 0.6 is 0 Å². The number of aliphatic carboxylic acids is 1. The summed E-state index contributed by atoms with van der Waals surface area (Å²) in [5, 5.41) is 11.7. The van der Waals surface area contributed by atoms with E-state index in [1.165, 1.54) is 0 Å². The van der Waals surface area contributed by atoms with Gasteiger partial charge in [-0.2, -0.15) is 0 Å². The number of ketones is 1. The van der Waals surface area contributed by atoms with Gasteiger partial charge >= 0.3 is 5.97 Å². The van der Waals surface area contributed by atoms with Crippen molar-refractivity contribution in [3.05, 3.63) is 0 Å². The molecule has 102 valence electrons. The second-order valence-corrected chi connectivity index (χ2v) is 5.38. The fraction of sp³-hybridized carbons (Fsp3) is 0.769. The van der Waals surface area contributed by atoms with Gasteiger partial charge in [-0.25, -0.2) is 4.79 Å². The molecule has 2 atom stereocenters. The van der Waals surface area contributed by atoms with E-state index in [1.54, 1.807) is 0 Å². The van der Waals surface area contributed by atoms with Crippen molar-refractivity contribution in [3.8, 4) is 0 Å². The highest BCUT2D eigenvalue weighted by Gasteiger charge is 2.33. The molecule has 1 saturated carbocycles. The van der Waals surface area contributed by atoms with Crippen molar-refractivity contribution in [2.24, 2.45) is 11.8 Å². The van der Waals surface area contributed by atoms with Gasteiger partial charge < -0.3 is 10.4 Å². The van der Waals surface area contributed by atoms with E-state index >= 15 is 0 Å². The van der Waals surface area contributed by atoms with Gasteiger partial charge in [0.05, 0.1) is 0 Å². The zero-order valence-corrected chi connectivity index (χ0v) is 10.9. The summed E-state index contributed by atoms with van der Waals surface area (Å²) in [7, 11) is 0. The van der Waals surface area contributed by atoms with E-state index in [1.807, 2.05) is 13.8 Å². The summed E-state index contributed by atoms with van der Waals surface area (Å²) in [4.78, 5) is 34.2. The van der Waals surface area contributed by atoms with Gasteiger partial charge in [0.15, 0.2) is 0 Å². The summed E-state index contributed by atoms with van der Waals surface area (Å²) in [5.41, 5.74) is 0. The van der Waals surface area contributed by atoms with Crippen LogP contribution in [0.15, 0.2) is 0 Å². The third kappa shape index (κ3) is 4.47. The highest BCUT2D eigenvalue weighted by molar-refractivity contribution is 5.85. The van der Waals surface area contributed by atoms with Crippen LogP contribution in [0.25, 0.3) is 0 Å². The van der Waals surface area contributed by atoms with Gasteiger partial charge in [-0.15, -0.1) is 0 Å². The Hall–Kier alpha value is -1.39. The minimum Gasteiger partial charge on any atom is -0.480 e. The molecule has 5 nitrogen and oxygen atoms in total. The Morgan fingerprint density at radius 3 is 2.61 bits per heavy atom. The second kappa shape index (κ2) is 6.52. The maximum absolute atomic E-state index is 11.6. The predicted molar refractivity (Wildman–Crippen MR) is 66.0 cm³/mol. The lowest BCUT2D eigenvalue weighted by Crippen LogP contribution is -2.47. The summed E-state index contributed by atoms with van der Waals surface area (Å²) >= 11 is 0. The molecule has 18 heavy (non-hydrogen) atoms. The first-order chi connectivity index (χ1) is 8.40. The van der Waals surface area contributed by atoms with Gasteiger partial charge in [0.2, 0.25) is 5.91 Å². The van der Waals surface area contributed by atoms with E-state index in [9.17, 15) is 14.4 Å². The first-order valence-electron chi connectivity index (χ1n) is 6.44. The van der Waals surface area contributed by atoms with Crippen molar-refractivity contribution < 1.29 is 19.5 Å². The van der Waals surface area contributed by atoms with E-state index in [-0.39, 0.29) is 29.9 Å². The van der Waals surface area contributed by atoms with Crippen molar-refractivity contribution in [2.75, 3.05) is 0 Å². The number of carboxylic acids is 1. The maximum atomic E-state index is 11.6. The summed E-state index contributed by atoms with van der Waals surface area (Å²) in [6.45, 7) is 3.80. The number of nitrogens with one attached hydrogen (secondary N) is 1. The molecule has 2 N–H and O–H groups in total. The van der Waals surface area contributed by atoms with Gasteiger partial charge in [0.25, 0.3) is 0 Å². The SMILES string of the molecule is CC(C)CC(=O)N[C@H](C(=O)O)[C@@H]1CCCC(=O)C1. The molecule has 0 heterocycles. The first kappa shape index (κ1) is 14.7. The van der Waals surface area contributed by atoms with Crippen LogP contribution in [0.3, 0.4) is 0 Å². The maximum Gasteiger partial charge on any atom is 0.326 e. The first-order valence-corrected chi connectivity index (χ1v) is 6.44. The quantitative estimate of drug-likeness (QED) is 0.777. The predicted octanol–water partition coefficient (Wildman–Crippen LogP) is 1.36. The Morgan fingerprint density at radius 1 is 1.44 bits per heavy atom. The number of rotatable bonds is 5. The molecule has 5 heteroatoms. The summed E-state index contributed by atoms with van der Waals surface area (Å²) in [5.74, 6) is -1.29. The Labute approximate surface area is 107 Å². The molecule has 1 aliphatic rings. The van der Waals surface area contributed by atoms with Crippen molar-refractivity contribution in [2.45, 2.75) is 52.0 Å². The van der Waals surface area contributed by atoms with Crippen molar-refractivity contribution in [1.29, 1.82) is 0 Å². The van der Waals surface area contributed by atoms with Crippen LogP contribution in [0, 0.1) is 11.8 Å². The minimum absolute atomic E-state index is 0.0932. The van der Waals surface area contributed by atoms with E-state index < -0.39 is 12.0 Å². The third-order valence-electron chi connectivity index (χ3n) is 3.17. The van der Waals surface area contributed by atoms with E-state index in [0.717, 1.165) is 0 Å². The van der Waals surface area contributed by atoms with Gasteiger partial charge in [-0.05, 0) is 24.7 Å². The number of carbonyl (C=O) groups is 3. The van der Waals surface area contributed by atoms with Gasteiger partial charge in [-0.3, -0.25) is 9.59 Å². The molecule has 0 aromatic heterocycles. The summed E-state index contributed by atoms with van der Waals surface area (Å²) < 4.78 is 0. The molecule has 1 rings (SSSR count). The fourth-order valence-electron chi connectivity index (χ4n) is 2.33. The van der Waals surface area contributed by atoms with E-state index in [2.05, 4.69) is 5.32 Å². The van der Waals surface area contributed by atoms with Crippen LogP contribution < -0.4 is 5.32 Å². The van der Waals surface area contributed by atoms with E-state index in [4.69, 9.17) is 5.11 Å². The average Bonchev–Trinajstić information content (AvgIpc) is 2.24. The zero-order valence-electron chi connectivity index (χ0n) is 10.9. The van der Waals surface area contributed by atoms with E-state index in [0.29, 0.717) is 25.7 Å². The minimum atomic E-state index is -1.05. The number of hydrogen-bond donors (Lipinski definition) is 2. The Morgan fingerprint density at radius 2 is 2.11 bits per heavy atom. The number of amides is 1. The van der Waals surface area contributed by atoms with Crippen LogP contribution in [0.5, 0.6) is 0 Å². The third-order valence-corrected chi connectivity index (χ3v) is 3.17. The van der Waals surface area contributed by atoms with Crippen LogP contribution in [0.1, 0.15) is 46.0 Å². The van der Waals surface area contributed by atoms with Crippen molar-refractivity contribution in [1.82, 2.24) is 5.32 Å². The molecule has 1 fully saturated rings. The second-order valence-electron chi connectivity index (χ2n) is 5.38. The molecule has 1 amide bonds. The highest BCUT2D eigenvalue weighted by Crippen LogP contribution is 2.24. The van der Waals surface area contributed by atoms with Crippen molar-refractivity contribution in [3.63, 3.8) is 0 Å². The molecular weight excluding hydrogens is 234 g/mol. The number of Topliss-reactive ketones (excluding diaryl/α,β-unsaturated/α-hetero) is 1. The molecule has 0 aliphatic heterocycles.